The van der Waals surface area contributed by atoms with E-state index in [0.29, 0.717) is 16.9 Å². The number of piperidine rings is 1. The normalized spacial score (nSPS) is 22.5. The van der Waals surface area contributed by atoms with E-state index in [-0.39, 0.29) is 12.1 Å². The third-order valence-electron chi connectivity index (χ3n) is 8.61. The number of fused-ring (bicyclic) bond motifs is 1. The van der Waals surface area contributed by atoms with E-state index >= 15 is 0 Å². The highest BCUT2D eigenvalue weighted by molar-refractivity contribution is 7.80. The van der Waals surface area contributed by atoms with Gasteiger partial charge >= 0.3 is 0 Å². The summed E-state index contributed by atoms with van der Waals surface area (Å²) in [6.45, 7) is 6.70. The molecule has 1 N–H and O–H groups in total. The number of benzene rings is 3. The van der Waals surface area contributed by atoms with E-state index in [9.17, 15) is 0 Å². The van der Waals surface area contributed by atoms with Crippen molar-refractivity contribution in [1.29, 1.82) is 0 Å². The Kier molecular flexibility index (Phi) is 7.12. The Labute approximate surface area is 257 Å². The lowest BCUT2D eigenvalue weighted by Gasteiger charge is -2.37. The molecule has 0 bridgehead atoms. The lowest BCUT2D eigenvalue weighted by atomic mass is 9.91. The van der Waals surface area contributed by atoms with Crippen molar-refractivity contribution in [3.63, 3.8) is 0 Å². The van der Waals surface area contributed by atoms with Gasteiger partial charge in [0, 0.05) is 42.6 Å². The summed E-state index contributed by atoms with van der Waals surface area (Å²) in [6.07, 6.45) is 5.23. The Morgan fingerprint density at radius 2 is 1.60 bits per heavy atom. The third kappa shape index (κ3) is 4.93. The first-order valence-corrected chi connectivity index (χ1v) is 15.5. The molecule has 2 fully saturated rings. The molecule has 4 atom stereocenters. The summed E-state index contributed by atoms with van der Waals surface area (Å²) in [5.74, 6) is 1.29. The maximum absolute atomic E-state index is 7.04. The van der Waals surface area contributed by atoms with Crippen LogP contribution in [0.15, 0.2) is 103 Å². The molecule has 3 aromatic carbocycles. The van der Waals surface area contributed by atoms with Gasteiger partial charge in [0.05, 0.1) is 22.4 Å². The molecule has 0 saturated carbocycles. The fourth-order valence-corrected chi connectivity index (χ4v) is 7.53. The summed E-state index contributed by atoms with van der Waals surface area (Å²) in [5, 5.41) is 7.44. The Morgan fingerprint density at radius 3 is 2.36 bits per heavy atom. The van der Waals surface area contributed by atoms with Crippen LogP contribution in [0.25, 0.3) is 16.5 Å². The lowest BCUT2D eigenvalue weighted by molar-refractivity contribution is 0.357. The molecule has 42 heavy (non-hydrogen) atoms. The Bertz CT molecular complexity index is 1740. The molecule has 7 heteroatoms. The second-order valence-corrected chi connectivity index (χ2v) is 12.6. The minimum Gasteiger partial charge on any atom is -0.370 e. The van der Waals surface area contributed by atoms with E-state index in [0.717, 1.165) is 46.6 Å². The van der Waals surface area contributed by atoms with Crippen LogP contribution in [0.1, 0.15) is 43.7 Å². The molecule has 0 aliphatic carbocycles. The first-order valence-electron chi connectivity index (χ1n) is 14.7. The van der Waals surface area contributed by atoms with Gasteiger partial charge in [0.1, 0.15) is 6.04 Å². The van der Waals surface area contributed by atoms with Crippen LogP contribution in [0, 0.1) is 11.8 Å². The fourth-order valence-electron chi connectivity index (χ4n) is 6.89. The number of nitrogens with one attached hydrogen (secondary N) is 1. The molecule has 2 aromatic heterocycles. The molecule has 0 spiro atoms. The van der Waals surface area contributed by atoms with Crippen molar-refractivity contribution in [2.45, 2.75) is 32.4 Å². The summed E-state index contributed by atoms with van der Waals surface area (Å²) in [5.41, 5.74) is 5.22. The maximum Gasteiger partial charge on any atom is 0.174 e. The van der Waals surface area contributed by atoms with Crippen molar-refractivity contribution in [2.75, 3.05) is 22.9 Å². The van der Waals surface area contributed by atoms with Crippen LogP contribution in [0.2, 0.25) is 5.02 Å². The van der Waals surface area contributed by atoms with Crippen molar-refractivity contribution in [1.82, 2.24) is 14.9 Å². The topological polar surface area (TPSA) is 36.3 Å². The van der Waals surface area contributed by atoms with Gasteiger partial charge in [0.15, 0.2) is 5.11 Å². The molecule has 212 valence electrons. The molecule has 2 aliphatic heterocycles. The van der Waals surface area contributed by atoms with Crippen LogP contribution < -0.4 is 15.1 Å². The number of hydrogen-bond donors (Lipinski definition) is 1. The van der Waals surface area contributed by atoms with E-state index in [1.54, 1.807) is 0 Å². The Balaban J connectivity index is 1.31. The molecule has 5 nitrogen and oxygen atoms in total. The number of aromatic nitrogens is 2. The van der Waals surface area contributed by atoms with Gasteiger partial charge in [0.2, 0.25) is 0 Å². The number of rotatable bonds is 5. The van der Waals surface area contributed by atoms with Gasteiger partial charge in [-0.25, -0.2) is 0 Å². The first-order chi connectivity index (χ1) is 20.5. The van der Waals surface area contributed by atoms with E-state index in [1.807, 2.05) is 18.3 Å². The summed E-state index contributed by atoms with van der Waals surface area (Å²) >= 11 is 13.1. The zero-order valence-corrected chi connectivity index (χ0v) is 25.4. The lowest BCUT2D eigenvalue weighted by Crippen LogP contribution is -2.38. The van der Waals surface area contributed by atoms with E-state index < -0.39 is 0 Å². The zero-order chi connectivity index (χ0) is 28.8. The van der Waals surface area contributed by atoms with Gasteiger partial charge in [-0.2, -0.15) is 0 Å². The van der Waals surface area contributed by atoms with Crippen LogP contribution >= 0.6 is 23.8 Å². The second-order valence-electron chi connectivity index (χ2n) is 11.8. The minimum atomic E-state index is -0.147. The fraction of sp³-hybridized carbons (Fsp3) is 0.257. The van der Waals surface area contributed by atoms with Crippen molar-refractivity contribution in [3.8, 4) is 5.69 Å². The van der Waals surface area contributed by atoms with Crippen molar-refractivity contribution in [3.05, 3.63) is 120 Å². The molecule has 7 rings (SSSR count). The highest BCUT2D eigenvalue weighted by atomic mass is 35.5. The predicted molar refractivity (Wildman–Crippen MR) is 178 cm³/mol. The summed E-state index contributed by atoms with van der Waals surface area (Å²) in [4.78, 5) is 9.39. The summed E-state index contributed by atoms with van der Waals surface area (Å²) < 4.78 is 2.27. The van der Waals surface area contributed by atoms with Crippen LogP contribution in [0.5, 0.6) is 0 Å². The maximum atomic E-state index is 7.04. The predicted octanol–water partition coefficient (Wildman–Crippen LogP) is 8.34. The summed E-state index contributed by atoms with van der Waals surface area (Å²) in [7, 11) is 0. The Hall–Kier alpha value is -3.87. The molecule has 2 saturated heterocycles. The van der Waals surface area contributed by atoms with Crippen LogP contribution in [-0.2, 0) is 0 Å². The van der Waals surface area contributed by atoms with Crippen LogP contribution in [0.4, 0.5) is 11.4 Å². The minimum absolute atomic E-state index is 0.143. The first kappa shape index (κ1) is 27.0. The van der Waals surface area contributed by atoms with Gasteiger partial charge in [-0.3, -0.25) is 4.98 Å². The van der Waals surface area contributed by atoms with Gasteiger partial charge in [-0.15, -0.1) is 0 Å². The SMILES string of the molecule is C[C@@H]1C[C@H](C)CN(c2ccc(N3C(=S)N[C@H](c4ccccn4)[C@@H]3c3cccn3-c3ccc4ccccc4c3)cc2Cl)C1. The molecular formula is C35H34ClN5S. The third-order valence-corrected chi connectivity index (χ3v) is 9.23. The van der Waals surface area contributed by atoms with Gasteiger partial charge < -0.3 is 19.7 Å². The van der Waals surface area contributed by atoms with Crippen molar-refractivity contribution >= 4 is 51.1 Å². The molecule has 2 aliphatic rings. The van der Waals surface area contributed by atoms with E-state index in [2.05, 4.69) is 119 Å². The molecule has 4 heterocycles. The number of nitrogens with zero attached hydrogens (tertiary/aromatic N) is 4. The van der Waals surface area contributed by atoms with Gasteiger partial charge in [-0.05, 0) is 95.8 Å². The highest BCUT2D eigenvalue weighted by Crippen LogP contribution is 2.44. The average Bonchev–Trinajstić information content (AvgIpc) is 3.61. The van der Waals surface area contributed by atoms with Crippen molar-refractivity contribution < 1.29 is 0 Å². The Morgan fingerprint density at radius 1 is 0.833 bits per heavy atom. The number of pyridine rings is 1. The van der Waals surface area contributed by atoms with E-state index in [4.69, 9.17) is 28.8 Å². The summed E-state index contributed by atoms with van der Waals surface area (Å²) in [6, 6.07) is 31.5. The van der Waals surface area contributed by atoms with Crippen LogP contribution in [-0.4, -0.2) is 27.8 Å². The van der Waals surface area contributed by atoms with Crippen molar-refractivity contribution in [2.24, 2.45) is 11.8 Å². The monoisotopic (exact) mass is 591 g/mol. The van der Waals surface area contributed by atoms with E-state index in [1.165, 1.54) is 17.2 Å². The molecule has 0 amide bonds. The number of anilines is 2. The molecule has 0 unspecified atom stereocenters. The quantitative estimate of drug-likeness (QED) is 0.208. The molecule has 0 radical (unpaired) electrons. The zero-order valence-electron chi connectivity index (χ0n) is 23.8. The largest absolute Gasteiger partial charge is 0.370 e. The van der Waals surface area contributed by atoms with Gasteiger partial charge in [-0.1, -0.05) is 61.8 Å². The molecular weight excluding hydrogens is 558 g/mol. The number of halogens is 1. The standard InChI is InChI=1S/C35H34ClN5S/c1-23-18-24(2)22-39(21-23)31-15-14-28(20-29(31)36)41-34(33(38-35(41)42)30-10-5-6-16-37-30)32-11-7-17-40(32)27-13-12-25-8-3-4-9-26(25)19-27/h3-17,19-20,23-24,33-34H,18,21-22H2,1-2H3,(H,38,42)/t23-,24+,33-,34+/m1/s1. The highest BCUT2D eigenvalue weighted by Gasteiger charge is 2.42. The van der Waals surface area contributed by atoms with Gasteiger partial charge in [0.25, 0.3) is 0 Å². The average molecular weight is 592 g/mol. The number of hydrogen-bond acceptors (Lipinski definition) is 3. The van der Waals surface area contributed by atoms with Crippen LogP contribution in [0.3, 0.4) is 0 Å². The second kappa shape index (κ2) is 11.1. The smallest absolute Gasteiger partial charge is 0.174 e. The number of thiocarbonyl (C=S) groups is 1. The molecule has 5 aromatic rings.